The lowest BCUT2D eigenvalue weighted by molar-refractivity contribution is -0.119. The van der Waals surface area contributed by atoms with E-state index >= 15 is 0 Å². The molecular weight excluding hydrogens is 388 g/mol. The van der Waals surface area contributed by atoms with Crippen LogP contribution in [0.1, 0.15) is 20.3 Å². The molecule has 4 rings (SSSR count). The third-order valence-electron chi connectivity index (χ3n) is 4.58. The van der Waals surface area contributed by atoms with Crippen LogP contribution in [0.5, 0.6) is 5.75 Å². The summed E-state index contributed by atoms with van der Waals surface area (Å²) in [6.45, 7) is 4.67. The first-order chi connectivity index (χ1) is 14.1. The molecule has 2 atom stereocenters. The Hall–Kier alpha value is -2.62. The molecule has 0 radical (unpaired) electrons. The number of hydrazine groups is 1. The highest BCUT2D eigenvalue weighted by Crippen LogP contribution is 2.27. The maximum Gasteiger partial charge on any atom is 0.231 e. The van der Waals surface area contributed by atoms with E-state index in [9.17, 15) is 4.79 Å². The minimum absolute atomic E-state index is 0.0292. The molecule has 0 spiro atoms. The van der Waals surface area contributed by atoms with Gasteiger partial charge in [0.25, 0.3) is 0 Å². The molecule has 3 N–H and O–H groups in total. The maximum atomic E-state index is 12.3. The Morgan fingerprint density at radius 2 is 2.17 bits per heavy atom. The Kier molecular flexibility index (Phi) is 5.98. The normalized spacial score (nSPS) is 18.8. The molecule has 1 amide bonds. The van der Waals surface area contributed by atoms with E-state index in [4.69, 9.17) is 4.74 Å². The minimum atomic E-state index is -0.0388. The van der Waals surface area contributed by atoms with Gasteiger partial charge in [-0.05, 0) is 50.6 Å². The Morgan fingerprint density at radius 1 is 1.34 bits per heavy atom. The van der Waals surface area contributed by atoms with Gasteiger partial charge in [0.2, 0.25) is 5.91 Å². The average Bonchev–Trinajstić information content (AvgIpc) is 3.33. The van der Waals surface area contributed by atoms with Gasteiger partial charge in [0.05, 0.1) is 29.7 Å². The monoisotopic (exact) mass is 412 g/mol. The third-order valence-corrected chi connectivity index (χ3v) is 5.58. The molecule has 1 aliphatic rings. The number of hydrogen-bond acceptors (Lipinski definition) is 7. The summed E-state index contributed by atoms with van der Waals surface area (Å²) in [6, 6.07) is 10.2. The van der Waals surface area contributed by atoms with Gasteiger partial charge in [-0.1, -0.05) is 11.8 Å². The van der Waals surface area contributed by atoms with Gasteiger partial charge in [0.1, 0.15) is 10.8 Å². The number of carbonyl (C=O) groups is 1. The molecule has 1 saturated heterocycles. The summed E-state index contributed by atoms with van der Waals surface area (Å²) in [4.78, 5) is 16.7. The zero-order valence-corrected chi connectivity index (χ0v) is 17.2. The van der Waals surface area contributed by atoms with Crippen molar-refractivity contribution in [2.24, 2.45) is 0 Å². The fourth-order valence-electron chi connectivity index (χ4n) is 3.22. The first-order valence-electron chi connectivity index (χ1n) is 9.63. The maximum absolute atomic E-state index is 12.3. The number of benzene rings is 1. The van der Waals surface area contributed by atoms with Crippen LogP contribution in [0.15, 0.2) is 47.8 Å². The molecule has 0 saturated carbocycles. The number of aromatic nitrogens is 3. The quantitative estimate of drug-likeness (QED) is 0.513. The van der Waals surface area contributed by atoms with Crippen molar-refractivity contribution in [1.29, 1.82) is 0 Å². The van der Waals surface area contributed by atoms with Crippen LogP contribution in [0.2, 0.25) is 0 Å². The van der Waals surface area contributed by atoms with Crippen molar-refractivity contribution in [3.05, 3.63) is 42.7 Å². The van der Waals surface area contributed by atoms with Gasteiger partial charge >= 0.3 is 0 Å². The Bertz CT molecular complexity index is 990. The fraction of sp³-hybridized carbons (Fsp3) is 0.350. The molecule has 152 valence electrons. The predicted octanol–water partition coefficient (Wildman–Crippen LogP) is 2.22. The molecule has 9 heteroatoms. The van der Waals surface area contributed by atoms with E-state index in [1.807, 2.05) is 43.5 Å². The zero-order chi connectivity index (χ0) is 20.2. The molecule has 2 unspecified atom stereocenters. The number of nitrogens with one attached hydrogen (secondary N) is 3. The molecule has 1 aliphatic heterocycles. The lowest BCUT2D eigenvalue weighted by Gasteiger charge is -2.11. The summed E-state index contributed by atoms with van der Waals surface area (Å²) in [7, 11) is 0. The van der Waals surface area contributed by atoms with Crippen LogP contribution in [0.3, 0.4) is 0 Å². The van der Waals surface area contributed by atoms with Crippen molar-refractivity contribution in [3.8, 4) is 17.0 Å². The molecule has 29 heavy (non-hydrogen) atoms. The van der Waals surface area contributed by atoms with Crippen LogP contribution < -0.4 is 20.9 Å². The topological polar surface area (TPSA) is 92.6 Å². The highest BCUT2D eigenvalue weighted by molar-refractivity contribution is 8.00. The lowest BCUT2D eigenvalue weighted by Crippen LogP contribution is -2.45. The van der Waals surface area contributed by atoms with E-state index in [-0.39, 0.29) is 12.1 Å². The molecule has 2 aromatic heterocycles. The summed E-state index contributed by atoms with van der Waals surface area (Å²) >= 11 is 1.41. The number of ether oxygens (including phenoxy) is 1. The molecule has 3 heterocycles. The summed E-state index contributed by atoms with van der Waals surface area (Å²) < 4.78 is 7.29. The van der Waals surface area contributed by atoms with E-state index in [1.165, 1.54) is 11.8 Å². The number of nitrogens with zero attached hydrogens (tertiary/aromatic N) is 3. The lowest BCUT2D eigenvalue weighted by atomic mass is 10.1. The van der Waals surface area contributed by atoms with Crippen LogP contribution in [-0.2, 0) is 4.79 Å². The van der Waals surface area contributed by atoms with Crippen molar-refractivity contribution >= 4 is 23.2 Å². The number of fused-ring (bicyclic) bond motifs is 1. The second-order valence-electron chi connectivity index (χ2n) is 6.88. The Balaban J connectivity index is 1.45. The van der Waals surface area contributed by atoms with Crippen molar-refractivity contribution < 1.29 is 9.53 Å². The standard InChI is InChI=1S/C20H24N6O2S/c1-3-28-15-6-4-14(5-7-15)16-11-17-20(21-8-9-26(17)25-16)29-12-19(27)22-18-10-13(2)23-24-18/h4-9,11,13,18,23-24H,3,10,12H2,1-2H3,(H,22,27). The van der Waals surface area contributed by atoms with Crippen molar-refractivity contribution in [2.45, 2.75) is 37.5 Å². The molecule has 8 nitrogen and oxygen atoms in total. The van der Waals surface area contributed by atoms with Gasteiger partial charge in [-0.3, -0.25) is 10.2 Å². The smallest absolute Gasteiger partial charge is 0.231 e. The molecule has 1 aromatic carbocycles. The van der Waals surface area contributed by atoms with Gasteiger partial charge in [-0.15, -0.1) is 0 Å². The number of carbonyl (C=O) groups excluding carboxylic acids is 1. The molecule has 0 aliphatic carbocycles. The second-order valence-corrected chi connectivity index (χ2v) is 7.85. The van der Waals surface area contributed by atoms with Crippen LogP contribution in [0.25, 0.3) is 16.8 Å². The second kappa shape index (κ2) is 8.81. The fourth-order valence-corrected chi connectivity index (χ4v) is 4.01. The van der Waals surface area contributed by atoms with E-state index < -0.39 is 0 Å². The third kappa shape index (κ3) is 4.69. The minimum Gasteiger partial charge on any atom is -0.494 e. The van der Waals surface area contributed by atoms with Gasteiger partial charge in [0.15, 0.2) is 0 Å². The molecule has 3 aromatic rings. The Labute approximate surface area is 173 Å². The van der Waals surface area contributed by atoms with Crippen LogP contribution in [-0.4, -0.2) is 45.1 Å². The summed E-state index contributed by atoms with van der Waals surface area (Å²) in [6.07, 6.45) is 4.33. The highest BCUT2D eigenvalue weighted by Gasteiger charge is 2.21. The number of rotatable bonds is 7. The SMILES string of the molecule is CCOc1ccc(-c2cc3c(SCC(=O)NC4CC(C)NN4)nccn3n2)cc1. The number of thioether (sulfide) groups is 1. The van der Waals surface area contributed by atoms with Crippen LogP contribution in [0, 0.1) is 0 Å². The summed E-state index contributed by atoms with van der Waals surface area (Å²) in [5.41, 5.74) is 8.89. The van der Waals surface area contributed by atoms with Crippen molar-refractivity contribution in [1.82, 2.24) is 30.8 Å². The first-order valence-corrected chi connectivity index (χ1v) is 10.6. The number of amides is 1. The predicted molar refractivity (Wildman–Crippen MR) is 113 cm³/mol. The summed E-state index contributed by atoms with van der Waals surface area (Å²) in [5.74, 6) is 1.10. The Morgan fingerprint density at radius 3 is 2.90 bits per heavy atom. The van der Waals surface area contributed by atoms with E-state index in [0.717, 1.165) is 34.0 Å². The van der Waals surface area contributed by atoms with Gasteiger partial charge in [-0.25, -0.2) is 14.9 Å². The number of hydrogen-bond donors (Lipinski definition) is 3. The molecular formula is C20H24N6O2S. The van der Waals surface area contributed by atoms with Gasteiger partial charge < -0.3 is 10.1 Å². The largest absolute Gasteiger partial charge is 0.494 e. The first kappa shape index (κ1) is 19.7. The average molecular weight is 413 g/mol. The molecule has 0 bridgehead atoms. The van der Waals surface area contributed by atoms with Crippen LogP contribution in [0.4, 0.5) is 0 Å². The van der Waals surface area contributed by atoms with Gasteiger partial charge in [0, 0.05) is 24.0 Å². The van der Waals surface area contributed by atoms with E-state index in [0.29, 0.717) is 18.4 Å². The molecule has 1 fully saturated rings. The summed E-state index contributed by atoms with van der Waals surface area (Å²) in [5, 5.41) is 8.40. The van der Waals surface area contributed by atoms with Gasteiger partial charge in [-0.2, -0.15) is 5.10 Å². The van der Waals surface area contributed by atoms with E-state index in [1.54, 1.807) is 10.7 Å². The zero-order valence-electron chi connectivity index (χ0n) is 16.4. The van der Waals surface area contributed by atoms with Crippen LogP contribution >= 0.6 is 11.8 Å². The van der Waals surface area contributed by atoms with E-state index in [2.05, 4.69) is 33.2 Å². The van der Waals surface area contributed by atoms with Crippen molar-refractivity contribution in [3.63, 3.8) is 0 Å². The highest BCUT2D eigenvalue weighted by atomic mass is 32.2. The van der Waals surface area contributed by atoms with Crippen molar-refractivity contribution in [2.75, 3.05) is 12.4 Å².